The van der Waals surface area contributed by atoms with Crippen LogP contribution in [0.1, 0.15) is 44.7 Å². The molecule has 1 saturated heterocycles. The highest BCUT2D eigenvalue weighted by atomic mass is 16.5. The summed E-state index contributed by atoms with van der Waals surface area (Å²) in [5.74, 6) is 1.10. The van der Waals surface area contributed by atoms with Gasteiger partial charge in [0.05, 0.1) is 0 Å². The van der Waals surface area contributed by atoms with Gasteiger partial charge in [-0.3, -0.25) is 0 Å². The molecule has 4 heteroatoms. The first kappa shape index (κ1) is 16.2. The standard InChI is InChI=1S/C17H29N3O/c1-13-10-14(12-19-17(2,3)4)11-18-16(13)20(5)15-6-8-21-9-7-15/h10-11,15,19H,6-9,12H2,1-5H3. The maximum Gasteiger partial charge on any atom is 0.131 e. The van der Waals surface area contributed by atoms with Crippen LogP contribution in [0.2, 0.25) is 0 Å². The average Bonchev–Trinajstić information content (AvgIpc) is 2.45. The molecule has 0 amide bonds. The molecule has 21 heavy (non-hydrogen) atoms. The van der Waals surface area contributed by atoms with Gasteiger partial charge in [0, 0.05) is 44.6 Å². The highest BCUT2D eigenvalue weighted by Crippen LogP contribution is 2.23. The SMILES string of the molecule is Cc1cc(CNC(C)(C)C)cnc1N(C)C1CCOCC1. The van der Waals surface area contributed by atoms with Crippen LogP contribution >= 0.6 is 0 Å². The molecular formula is C17H29N3O. The van der Waals surface area contributed by atoms with Gasteiger partial charge >= 0.3 is 0 Å². The summed E-state index contributed by atoms with van der Waals surface area (Å²) in [6.07, 6.45) is 4.17. The summed E-state index contributed by atoms with van der Waals surface area (Å²) >= 11 is 0. The molecule has 0 spiro atoms. The van der Waals surface area contributed by atoms with E-state index >= 15 is 0 Å². The van der Waals surface area contributed by atoms with Gasteiger partial charge in [0.2, 0.25) is 0 Å². The number of ether oxygens (including phenoxy) is 1. The van der Waals surface area contributed by atoms with E-state index in [9.17, 15) is 0 Å². The molecule has 2 heterocycles. The molecule has 0 radical (unpaired) electrons. The van der Waals surface area contributed by atoms with Crippen LogP contribution in [0.5, 0.6) is 0 Å². The second-order valence-electron chi connectivity index (χ2n) is 7.04. The molecule has 1 aromatic heterocycles. The van der Waals surface area contributed by atoms with Gasteiger partial charge in [0.1, 0.15) is 5.82 Å². The van der Waals surface area contributed by atoms with E-state index in [2.05, 4.69) is 51.0 Å². The number of hydrogen-bond donors (Lipinski definition) is 1. The first-order chi connectivity index (χ1) is 9.87. The fraction of sp³-hybridized carbons (Fsp3) is 0.706. The summed E-state index contributed by atoms with van der Waals surface area (Å²) in [6, 6.07) is 2.79. The van der Waals surface area contributed by atoms with Crippen LogP contribution in [0.25, 0.3) is 0 Å². The molecule has 1 aliphatic heterocycles. The van der Waals surface area contributed by atoms with Crippen molar-refractivity contribution in [3.63, 3.8) is 0 Å². The minimum Gasteiger partial charge on any atom is -0.381 e. The van der Waals surface area contributed by atoms with Crippen molar-refractivity contribution in [1.82, 2.24) is 10.3 Å². The molecule has 0 aliphatic carbocycles. The average molecular weight is 291 g/mol. The van der Waals surface area contributed by atoms with Crippen molar-refractivity contribution in [3.05, 3.63) is 23.4 Å². The van der Waals surface area contributed by atoms with Crippen molar-refractivity contribution in [1.29, 1.82) is 0 Å². The summed E-state index contributed by atoms with van der Waals surface area (Å²) in [7, 11) is 2.15. The molecule has 1 N–H and O–H groups in total. The van der Waals surface area contributed by atoms with Crippen LogP contribution < -0.4 is 10.2 Å². The monoisotopic (exact) mass is 291 g/mol. The van der Waals surface area contributed by atoms with Gasteiger partial charge in [-0.25, -0.2) is 4.98 Å². The Morgan fingerprint density at radius 2 is 2.00 bits per heavy atom. The smallest absolute Gasteiger partial charge is 0.131 e. The van der Waals surface area contributed by atoms with Gasteiger partial charge in [0.25, 0.3) is 0 Å². The molecule has 2 rings (SSSR count). The molecule has 0 saturated carbocycles. The lowest BCUT2D eigenvalue weighted by Gasteiger charge is -2.33. The summed E-state index contributed by atoms with van der Waals surface area (Å²) in [5.41, 5.74) is 2.62. The Hall–Kier alpha value is -1.13. The van der Waals surface area contributed by atoms with Crippen molar-refractivity contribution >= 4 is 5.82 Å². The van der Waals surface area contributed by atoms with Gasteiger partial charge < -0.3 is 15.0 Å². The summed E-state index contributed by atoms with van der Waals surface area (Å²) in [5, 5.41) is 3.51. The Balaban J connectivity index is 2.04. The second-order valence-corrected chi connectivity index (χ2v) is 7.04. The number of pyridine rings is 1. The van der Waals surface area contributed by atoms with Gasteiger partial charge in [0.15, 0.2) is 0 Å². The predicted molar refractivity (Wildman–Crippen MR) is 87.8 cm³/mol. The number of rotatable bonds is 4. The van der Waals surface area contributed by atoms with E-state index in [1.54, 1.807) is 0 Å². The Bertz CT molecular complexity index is 462. The van der Waals surface area contributed by atoms with Gasteiger partial charge in [-0.2, -0.15) is 0 Å². The molecule has 0 atom stereocenters. The van der Waals surface area contributed by atoms with Crippen LogP contribution in [-0.2, 0) is 11.3 Å². The quantitative estimate of drug-likeness (QED) is 0.925. The lowest BCUT2D eigenvalue weighted by atomic mass is 10.1. The van der Waals surface area contributed by atoms with Gasteiger partial charge in [-0.1, -0.05) is 0 Å². The first-order valence-electron chi connectivity index (χ1n) is 7.88. The molecule has 0 aromatic carbocycles. The molecule has 118 valence electrons. The molecule has 0 unspecified atom stereocenters. The van der Waals surface area contributed by atoms with E-state index in [1.807, 2.05) is 6.20 Å². The largest absolute Gasteiger partial charge is 0.381 e. The number of nitrogens with one attached hydrogen (secondary N) is 1. The summed E-state index contributed by atoms with van der Waals surface area (Å²) in [4.78, 5) is 7.02. The highest BCUT2D eigenvalue weighted by molar-refractivity contribution is 5.47. The number of aromatic nitrogens is 1. The molecule has 1 aromatic rings. The third kappa shape index (κ3) is 4.68. The first-order valence-corrected chi connectivity index (χ1v) is 7.88. The van der Waals surface area contributed by atoms with E-state index in [1.165, 1.54) is 11.1 Å². The third-order valence-corrected chi connectivity index (χ3v) is 4.00. The van der Waals surface area contributed by atoms with Gasteiger partial charge in [-0.15, -0.1) is 0 Å². The Morgan fingerprint density at radius 1 is 1.33 bits per heavy atom. The Kier molecular flexibility index (Phi) is 5.22. The van der Waals surface area contributed by atoms with Crippen LogP contribution in [-0.4, -0.2) is 36.8 Å². The van der Waals surface area contributed by atoms with Crippen LogP contribution in [0.15, 0.2) is 12.3 Å². The van der Waals surface area contributed by atoms with E-state index in [0.29, 0.717) is 6.04 Å². The maximum absolute atomic E-state index is 5.44. The van der Waals surface area contributed by atoms with Crippen LogP contribution in [0.3, 0.4) is 0 Å². The third-order valence-electron chi connectivity index (χ3n) is 4.00. The Morgan fingerprint density at radius 3 is 2.57 bits per heavy atom. The number of anilines is 1. The topological polar surface area (TPSA) is 37.4 Å². The molecule has 1 fully saturated rings. The highest BCUT2D eigenvalue weighted by Gasteiger charge is 2.20. The van der Waals surface area contributed by atoms with Crippen molar-refractivity contribution in [2.45, 2.75) is 58.7 Å². The zero-order valence-corrected chi connectivity index (χ0v) is 14.1. The van der Waals surface area contributed by atoms with Crippen LogP contribution in [0.4, 0.5) is 5.82 Å². The molecule has 4 nitrogen and oxygen atoms in total. The molecule has 0 bridgehead atoms. The second kappa shape index (κ2) is 6.75. The lowest BCUT2D eigenvalue weighted by Crippen LogP contribution is -2.37. The fourth-order valence-corrected chi connectivity index (χ4v) is 2.70. The fourth-order valence-electron chi connectivity index (χ4n) is 2.70. The summed E-state index contributed by atoms with van der Waals surface area (Å²) < 4.78 is 5.44. The lowest BCUT2D eigenvalue weighted by molar-refractivity contribution is 0.0853. The number of hydrogen-bond acceptors (Lipinski definition) is 4. The van der Waals surface area contributed by atoms with Crippen molar-refractivity contribution < 1.29 is 4.74 Å². The normalized spacial score (nSPS) is 17.0. The zero-order chi connectivity index (χ0) is 15.5. The van der Waals surface area contributed by atoms with E-state index in [-0.39, 0.29) is 5.54 Å². The Labute approximate surface area is 128 Å². The predicted octanol–water partition coefficient (Wildman–Crippen LogP) is 2.89. The molecular weight excluding hydrogens is 262 g/mol. The van der Waals surface area contributed by atoms with E-state index in [0.717, 1.165) is 38.4 Å². The van der Waals surface area contributed by atoms with Crippen LogP contribution in [0, 0.1) is 6.92 Å². The zero-order valence-electron chi connectivity index (χ0n) is 14.1. The van der Waals surface area contributed by atoms with Gasteiger partial charge in [-0.05, 0) is 57.7 Å². The number of aryl methyl sites for hydroxylation is 1. The van der Waals surface area contributed by atoms with Crippen molar-refractivity contribution in [2.75, 3.05) is 25.2 Å². The number of nitrogens with zero attached hydrogens (tertiary/aromatic N) is 2. The van der Waals surface area contributed by atoms with E-state index in [4.69, 9.17) is 9.72 Å². The van der Waals surface area contributed by atoms with Crippen molar-refractivity contribution in [2.24, 2.45) is 0 Å². The minimum absolute atomic E-state index is 0.130. The maximum atomic E-state index is 5.44. The van der Waals surface area contributed by atoms with Crippen molar-refractivity contribution in [3.8, 4) is 0 Å². The molecule has 1 aliphatic rings. The minimum atomic E-state index is 0.130. The summed E-state index contributed by atoms with van der Waals surface area (Å²) in [6.45, 7) is 11.3. The van der Waals surface area contributed by atoms with E-state index < -0.39 is 0 Å².